The molecule has 0 saturated heterocycles. The minimum absolute atomic E-state index is 0.0631. The summed E-state index contributed by atoms with van der Waals surface area (Å²) < 4.78 is 28.6. The molecule has 0 spiro atoms. The van der Waals surface area contributed by atoms with Gasteiger partial charge in [0.1, 0.15) is 0 Å². The van der Waals surface area contributed by atoms with Crippen LogP contribution in [0.3, 0.4) is 0 Å². The van der Waals surface area contributed by atoms with Crippen molar-refractivity contribution in [1.29, 1.82) is 0 Å². The molecular formula is C40H57NO7SiSn2. The summed E-state index contributed by atoms with van der Waals surface area (Å²) in [6.07, 6.45) is 1.37. The first-order valence-corrected chi connectivity index (χ1v) is 40.9. The number of carbonyl (C=O) groups excluding carboxylic acids is 3. The number of ether oxygens (including phenoxy) is 3. The number of anilines is 1. The maximum absolute atomic E-state index is 13.8. The molecule has 1 amide bonds. The summed E-state index contributed by atoms with van der Waals surface area (Å²) in [6.45, 7) is 15.5. The normalized spacial score (nSPS) is 22.3. The Morgan fingerprint density at radius 2 is 1.39 bits per heavy atom. The van der Waals surface area contributed by atoms with Crippen LogP contribution in [0.1, 0.15) is 47.1 Å². The molecule has 0 aromatic heterocycles. The second-order valence-electron chi connectivity index (χ2n) is 17.0. The molecule has 276 valence electrons. The Labute approximate surface area is 315 Å². The first-order valence-electron chi connectivity index (χ1n) is 17.5. The van der Waals surface area contributed by atoms with E-state index in [2.05, 4.69) is 95.4 Å². The molecule has 2 aliphatic rings. The molecule has 0 fully saturated rings. The molecule has 3 rings (SSSR count). The summed E-state index contributed by atoms with van der Waals surface area (Å²) in [4.78, 5) is 54.5. The zero-order valence-corrected chi connectivity index (χ0v) is 39.9. The average Bonchev–Trinajstić information content (AvgIpc) is 2.97. The Hall–Kier alpha value is -2.62. The quantitative estimate of drug-likeness (QED) is 0.122. The molecule has 0 saturated carbocycles. The van der Waals surface area contributed by atoms with E-state index < -0.39 is 93.2 Å². The number of methoxy groups -OCH3 is 1. The number of fused-ring (bicyclic) bond motifs is 2. The number of esters is 2. The Morgan fingerprint density at radius 3 is 1.88 bits per heavy atom. The Balaban J connectivity index is 2.54. The summed E-state index contributed by atoms with van der Waals surface area (Å²) in [6, 6.07) is 4.93. The molecule has 0 bridgehead atoms. The fourth-order valence-electron chi connectivity index (χ4n) is 5.82. The summed E-state index contributed by atoms with van der Waals surface area (Å²) in [7, 11) is -0.925. The van der Waals surface area contributed by atoms with Gasteiger partial charge in [-0.25, -0.2) is 0 Å². The van der Waals surface area contributed by atoms with Crippen molar-refractivity contribution < 1.29 is 33.0 Å². The number of allylic oxidation sites excluding steroid dienone is 2. The third kappa shape index (κ3) is 11.0. The molecule has 51 heavy (non-hydrogen) atoms. The molecule has 0 unspecified atom stereocenters. The van der Waals surface area contributed by atoms with E-state index in [-0.39, 0.29) is 5.04 Å². The molecule has 0 N–H and O–H groups in total. The summed E-state index contributed by atoms with van der Waals surface area (Å²) in [5.74, 6) is 11.7. The van der Waals surface area contributed by atoms with Crippen molar-refractivity contribution in [3.63, 3.8) is 0 Å². The molecule has 1 aromatic rings. The van der Waals surface area contributed by atoms with Crippen molar-refractivity contribution >= 4 is 74.4 Å². The SMILES string of the molecule is COC(=O)N1c2ccc(O[Si](C)(C)C(C)(C)C)cc2C2=C([C@@H](C)[C@H](OC(C)=O)[C@H](OC(C)=O)[C@H]2C#C/C=[CH]\[Sn]([CH3])([CH3])[CH3])[C@@H]1C#C/C=[CH]\[Sn]([CH3])([CH3])[CH3]. The van der Waals surface area contributed by atoms with Gasteiger partial charge in [0.05, 0.1) is 0 Å². The number of hydrogen-bond donors (Lipinski definition) is 0. The number of benzene rings is 1. The average molecular weight is 929 g/mol. The van der Waals surface area contributed by atoms with E-state index in [4.69, 9.17) is 18.6 Å². The summed E-state index contributed by atoms with van der Waals surface area (Å²) in [5, 5.41) is -0.0631. The zero-order chi connectivity index (χ0) is 38.7. The molecule has 8 nitrogen and oxygen atoms in total. The van der Waals surface area contributed by atoms with Crippen LogP contribution in [0.15, 0.2) is 44.1 Å². The van der Waals surface area contributed by atoms with Gasteiger partial charge in [0.2, 0.25) is 0 Å². The minimum atomic E-state index is -2.33. The standard InChI is InChI=1S/C34H39NO7Si.6CH3.2Sn/c1-12-14-16-25-30-26-20-24(42-43(10,11)34(6,7)8)18-19-27(26)35(33(38)39-9)28(17-15-13-2)29(30)21(3)31(40-22(4)36)32(25)41-23(5)37;;;;;;;;/h1-2,12-13,18-21,25,28,31-32H,3-11H3;6*1H3;;/t21-,25+,28+,31+,32-;;;;;;;;/m1......../s1. The fraction of sp³-hybridized carbons (Fsp3) is 0.525. The molecule has 1 aliphatic heterocycles. The van der Waals surface area contributed by atoms with Gasteiger partial charge in [-0.2, -0.15) is 0 Å². The van der Waals surface area contributed by atoms with Gasteiger partial charge in [0, 0.05) is 0 Å². The fourth-order valence-corrected chi connectivity index (χ4v) is 10.2. The van der Waals surface area contributed by atoms with Gasteiger partial charge in [-0.15, -0.1) is 0 Å². The van der Waals surface area contributed by atoms with Gasteiger partial charge in [-0.05, 0) is 0 Å². The number of nitrogens with zero attached hydrogens (tertiary/aromatic N) is 1. The second kappa shape index (κ2) is 16.6. The van der Waals surface area contributed by atoms with Crippen LogP contribution in [0, 0.1) is 35.5 Å². The predicted octanol–water partition coefficient (Wildman–Crippen LogP) is 8.78. The summed E-state index contributed by atoms with van der Waals surface area (Å²) in [5.41, 5.74) is 2.82. The van der Waals surface area contributed by atoms with Crippen LogP contribution in [0.25, 0.3) is 5.57 Å². The van der Waals surface area contributed by atoms with Crippen LogP contribution >= 0.6 is 0 Å². The van der Waals surface area contributed by atoms with Crippen molar-refractivity contribution in [3.05, 3.63) is 49.7 Å². The van der Waals surface area contributed by atoms with Crippen LogP contribution in [0.2, 0.25) is 47.8 Å². The molecule has 5 atom stereocenters. The third-order valence-electron chi connectivity index (χ3n) is 9.28. The zero-order valence-electron chi connectivity index (χ0n) is 33.2. The molecule has 1 aromatic carbocycles. The van der Waals surface area contributed by atoms with Crippen molar-refractivity contribution in [2.45, 2.75) is 108 Å². The van der Waals surface area contributed by atoms with E-state index in [9.17, 15) is 14.4 Å². The van der Waals surface area contributed by atoms with Gasteiger partial charge < -0.3 is 0 Å². The maximum atomic E-state index is 13.8. The van der Waals surface area contributed by atoms with Crippen molar-refractivity contribution in [2.75, 3.05) is 12.0 Å². The van der Waals surface area contributed by atoms with Crippen molar-refractivity contribution in [1.82, 2.24) is 0 Å². The number of rotatable bonds is 6. The van der Waals surface area contributed by atoms with Gasteiger partial charge >= 0.3 is 297 Å². The molecule has 1 heterocycles. The topological polar surface area (TPSA) is 91.4 Å². The van der Waals surface area contributed by atoms with E-state index in [1.54, 1.807) is 4.90 Å². The van der Waals surface area contributed by atoms with E-state index in [1.807, 2.05) is 37.3 Å². The van der Waals surface area contributed by atoms with Gasteiger partial charge in [0.15, 0.2) is 0 Å². The number of carbonyl (C=O) groups is 3. The summed E-state index contributed by atoms with van der Waals surface area (Å²) >= 11 is -4.65. The Morgan fingerprint density at radius 1 is 0.863 bits per heavy atom. The molecular weight excluding hydrogens is 872 g/mol. The van der Waals surface area contributed by atoms with Crippen LogP contribution in [-0.4, -0.2) is 88.5 Å². The van der Waals surface area contributed by atoms with Gasteiger partial charge in [0.25, 0.3) is 0 Å². The van der Waals surface area contributed by atoms with Gasteiger partial charge in [-0.3, -0.25) is 0 Å². The second-order valence-corrected chi connectivity index (χ2v) is 50.7. The molecule has 11 heteroatoms. The van der Waals surface area contributed by atoms with Gasteiger partial charge in [-0.1, -0.05) is 20.8 Å². The third-order valence-corrected chi connectivity index (χ3v) is 20.3. The first-order chi connectivity index (χ1) is 23.4. The Bertz CT molecular complexity index is 1740. The van der Waals surface area contributed by atoms with Crippen LogP contribution in [-0.2, 0) is 23.8 Å². The van der Waals surface area contributed by atoms with Crippen LogP contribution in [0.4, 0.5) is 10.5 Å². The van der Waals surface area contributed by atoms with E-state index >= 15 is 0 Å². The van der Waals surface area contributed by atoms with Crippen molar-refractivity contribution in [3.8, 4) is 29.4 Å². The van der Waals surface area contributed by atoms with Crippen molar-refractivity contribution in [2.24, 2.45) is 11.8 Å². The Kier molecular flexibility index (Phi) is 13.9. The molecule has 1 aliphatic carbocycles. The number of hydrogen-bond acceptors (Lipinski definition) is 7. The monoisotopic (exact) mass is 931 g/mol. The van der Waals surface area contributed by atoms with Crippen LogP contribution in [0.5, 0.6) is 5.75 Å². The van der Waals surface area contributed by atoms with Crippen LogP contribution < -0.4 is 9.33 Å². The van der Waals surface area contributed by atoms with E-state index in [1.165, 1.54) is 21.0 Å². The van der Waals surface area contributed by atoms with E-state index in [0.29, 0.717) is 17.0 Å². The first kappa shape index (κ1) is 42.8. The predicted molar refractivity (Wildman–Crippen MR) is 214 cm³/mol. The van der Waals surface area contributed by atoms with E-state index in [0.717, 1.165) is 11.1 Å². The number of amides is 1. The molecule has 0 radical (unpaired) electrons.